The van der Waals surface area contributed by atoms with Gasteiger partial charge in [-0.3, -0.25) is 14.4 Å². The molecule has 0 radical (unpaired) electrons. The maximum atomic E-state index is 12.5. The SMILES string of the molecule is CC(=O)NC1C(O)[C@H](O[C@@H]2OC(CO)[C@H](O)[C@H](O)C2O)[C@@H](CO)O[C@@H]1OC1[C@H](OCC2O[C@@H](O[C@H]3C(CO)O[C@@H](O[C@H]4C(CO)O[C@@H](C)C(NC(C)=O)[C@H]4O)C(NC(C)=O)[C@H]3O)C(O)[C@@H](O)[C@H]2O)OC(CO)[C@H](O)[C@@H]1O. The van der Waals surface area contributed by atoms with Crippen LogP contribution in [-0.2, 0) is 66.5 Å². The molecule has 440 valence electrons. The fraction of sp³-hybridized carbons (Fsp3) is 0.930. The molecule has 0 saturated carbocycles. The van der Waals surface area contributed by atoms with E-state index in [0.717, 1.165) is 13.8 Å². The summed E-state index contributed by atoms with van der Waals surface area (Å²) in [5.74, 6) is -2.13. The zero-order valence-electron chi connectivity index (χ0n) is 41.4. The van der Waals surface area contributed by atoms with Gasteiger partial charge in [0.25, 0.3) is 0 Å². The summed E-state index contributed by atoms with van der Waals surface area (Å²) in [5, 5.41) is 179. The van der Waals surface area contributed by atoms with Crippen LogP contribution in [0.2, 0.25) is 0 Å². The van der Waals surface area contributed by atoms with Crippen LogP contribution in [0, 0.1) is 0 Å². The molecule has 6 fully saturated rings. The predicted molar refractivity (Wildman–Crippen MR) is 237 cm³/mol. The molecular formula is C43H73N3O30. The Bertz CT molecular complexity index is 1870. The molecule has 33 nitrogen and oxygen atoms in total. The Morgan fingerprint density at radius 1 is 0.355 bits per heavy atom. The van der Waals surface area contributed by atoms with E-state index in [-0.39, 0.29) is 0 Å². The highest BCUT2D eigenvalue weighted by Crippen LogP contribution is 2.36. The summed E-state index contributed by atoms with van der Waals surface area (Å²) in [6.07, 6.45) is -48.2. The van der Waals surface area contributed by atoms with Gasteiger partial charge in [-0.25, -0.2) is 0 Å². The van der Waals surface area contributed by atoms with Crippen molar-refractivity contribution >= 4 is 17.7 Å². The van der Waals surface area contributed by atoms with E-state index in [1.807, 2.05) is 0 Å². The molecule has 76 heavy (non-hydrogen) atoms. The first-order valence-electron chi connectivity index (χ1n) is 24.4. The Labute approximate surface area is 432 Å². The number of carbonyl (C=O) groups is 3. The minimum Gasteiger partial charge on any atom is -0.394 e. The third-order valence-electron chi connectivity index (χ3n) is 13.9. The summed E-state index contributed by atoms with van der Waals surface area (Å²) in [6, 6.07) is -4.42. The quantitative estimate of drug-likeness (QED) is 0.0571. The molecule has 6 aliphatic heterocycles. The molecule has 30 atom stereocenters. The lowest BCUT2D eigenvalue weighted by atomic mass is 9.92. The van der Waals surface area contributed by atoms with E-state index in [0.29, 0.717) is 0 Å². The Hall–Kier alpha value is -2.67. The van der Waals surface area contributed by atoms with Gasteiger partial charge in [-0.05, 0) is 6.92 Å². The van der Waals surface area contributed by atoms with Gasteiger partial charge in [-0.15, -0.1) is 0 Å². The molecule has 3 amide bonds. The van der Waals surface area contributed by atoms with Crippen LogP contribution < -0.4 is 16.0 Å². The van der Waals surface area contributed by atoms with Gasteiger partial charge >= 0.3 is 0 Å². The average Bonchev–Trinajstić information content (AvgIpc) is 3.38. The first-order valence-corrected chi connectivity index (χ1v) is 24.4. The number of carbonyl (C=O) groups excluding carboxylic acids is 3. The average molecular weight is 1110 g/mol. The van der Waals surface area contributed by atoms with Crippen molar-refractivity contribution in [3.05, 3.63) is 0 Å². The van der Waals surface area contributed by atoms with E-state index in [2.05, 4.69) is 16.0 Å². The summed E-state index contributed by atoms with van der Waals surface area (Å²) in [7, 11) is 0. The summed E-state index contributed by atoms with van der Waals surface area (Å²) in [4.78, 5) is 36.9. The van der Waals surface area contributed by atoms with Crippen LogP contribution in [0.25, 0.3) is 0 Å². The number of rotatable bonds is 19. The van der Waals surface area contributed by atoms with E-state index in [1.54, 1.807) is 0 Å². The molecule has 6 aliphatic rings. The van der Waals surface area contributed by atoms with Crippen molar-refractivity contribution in [2.45, 2.75) is 212 Å². The van der Waals surface area contributed by atoms with Crippen molar-refractivity contribution in [1.29, 1.82) is 0 Å². The van der Waals surface area contributed by atoms with E-state index in [1.165, 1.54) is 13.8 Å². The van der Waals surface area contributed by atoms with Gasteiger partial charge in [0.2, 0.25) is 17.7 Å². The Morgan fingerprint density at radius 2 is 0.671 bits per heavy atom. The maximum absolute atomic E-state index is 12.5. The van der Waals surface area contributed by atoms with Crippen LogP contribution in [0.3, 0.4) is 0 Å². The van der Waals surface area contributed by atoms with Gasteiger partial charge < -0.3 is 150 Å². The zero-order valence-corrected chi connectivity index (χ0v) is 41.4. The van der Waals surface area contributed by atoms with Gasteiger partial charge in [0.05, 0.1) is 51.8 Å². The topological polar surface area (TPSA) is 513 Å². The first-order chi connectivity index (χ1) is 35.9. The molecule has 0 aromatic rings. The Balaban J connectivity index is 1.19. The summed E-state index contributed by atoms with van der Waals surface area (Å²) in [6.45, 7) is -0.577. The van der Waals surface area contributed by atoms with Crippen LogP contribution in [0.4, 0.5) is 0 Å². The zero-order chi connectivity index (χ0) is 56.2. The molecule has 6 heterocycles. The molecule has 0 spiro atoms. The molecule has 0 bridgehead atoms. The summed E-state index contributed by atoms with van der Waals surface area (Å²) >= 11 is 0. The molecule has 6 rings (SSSR count). The molecule has 0 aromatic carbocycles. The highest BCUT2D eigenvalue weighted by Gasteiger charge is 2.57. The van der Waals surface area contributed by atoms with Crippen LogP contribution >= 0.6 is 0 Å². The van der Waals surface area contributed by atoms with Gasteiger partial charge in [0.15, 0.2) is 31.5 Å². The van der Waals surface area contributed by atoms with Crippen molar-refractivity contribution < 1.29 is 148 Å². The number of nitrogens with one attached hydrogen (secondary N) is 3. The predicted octanol–water partition coefficient (Wildman–Crippen LogP) is -12.6. The van der Waals surface area contributed by atoms with Crippen molar-refractivity contribution in [3.8, 4) is 0 Å². The molecule has 0 aromatic heterocycles. The van der Waals surface area contributed by atoms with Gasteiger partial charge in [0.1, 0.15) is 140 Å². The highest BCUT2D eigenvalue weighted by atomic mass is 16.8. The van der Waals surface area contributed by atoms with Crippen LogP contribution in [0.1, 0.15) is 27.7 Å². The maximum Gasteiger partial charge on any atom is 0.217 e. The second-order valence-corrected chi connectivity index (χ2v) is 19.3. The van der Waals surface area contributed by atoms with E-state index >= 15 is 0 Å². The van der Waals surface area contributed by atoms with Gasteiger partial charge in [0, 0.05) is 20.8 Å². The number of amides is 3. The van der Waals surface area contributed by atoms with E-state index in [9.17, 15) is 96.1 Å². The van der Waals surface area contributed by atoms with E-state index in [4.69, 9.17) is 52.1 Å². The first kappa shape index (κ1) is 62.5. The molecule has 0 aliphatic carbocycles. The van der Waals surface area contributed by atoms with Crippen molar-refractivity contribution in [2.24, 2.45) is 0 Å². The second-order valence-electron chi connectivity index (χ2n) is 19.3. The minimum atomic E-state index is -2.13. The highest BCUT2D eigenvalue weighted by molar-refractivity contribution is 5.74. The monoisotopic (exact) mass is 1110 g/mol. The van der Waals surface area contributed by atoms with Crippen LogP contribution in [0.5, 0.6) is 0 Å². The lowest BCUT2D eigenvalue weighted by molar-refractivity contribution is -0.379. The normalized spacial score (nSPS) is 48.2. The molecule has 19 N–H and O–H groups in total. The number of aliphatic hydroxyl groups is 16. The van der Waals surface area contributed by atoms with Gasteiger partial charge in [-0.2, -0.15) is 0 Å². The molecule has 6 saturated heterocycles. The number of ether oxygens (including phenoxy) is 11. The number of hydrogen-bond acceptors (Lipinski definition) is 30. The Kier molecular flexibility index (Phi) is 22.4. The smallest absolute Gasteiger partial charge is 0.217 e. The summed E-state index contributed by atoms with van der Waals surface area (Å²) < 4.78 is 63.9. The molecule has 12 unspecified atom stereocenters. The minimum absolute atomic E-state index is 0.542. The van der Waals surface area contributed by atoms with Crippen molar-refractivity contribution in [3.63, 3.8) is 0 Å². The third-order valence-corrected chi connectivity index (χ3v) is 13.9. The van der Waals surface area contributed by atoms with Crippen molar-refractivity contribution in [2.75, 3.05) is 39.6 Å². The van der Waals surface area contributed by atoms with Gasteiger partial charge in [-0.1, -0.05) is 0 Å². The Morgan fingerprint density at radius 3 is 1.09 bits per heavy atom. The van der Waals surface area contributed by atoms with Crippen molar-refractivity contribution in [1.82, 2.24) is 16.0 Å². The standard InChI is InChI=1S/C43H73N3O30/c1-11-21(44-12(2)52)27(58)35(17(7-49)67-11)73-39-22(45-13(3)53)28(59)37(18(8-50)70-39)75-42-34(65)31(62)26(57)20(72-42)10-66-43-38(32(63)25(56)16(6-48)69-43)76-40-23(46-14(4)54)29(60)36(19(9-51)71-40)74-41-33(64)30(61)24(55)15(5-47)68-41/h11,15-43,47-51,55-65H,5-10H2,1-4H3,(H,44,52)(H,45,53)(H,46,54)/t11-,15?,16?,17?,18?,19+,20?,21?,22?,23?,24-,25-,26-,27+,28+,29?,30-,31-,32-,33?,34?,35-,36+,37-,38?,39-,40+,41-,42-,43+/m0/s1. The second kappa shape index (κ2) is 27.2. The fourth-order valence-corrected chi connectivity index (χ4v) is 9.86. The number of aliphatic hydroxyl groups excluding tert-OH is 16. The largest absolute Gasteiger partial charge is 0.394 e. The lowest BCUT2D eigenvalue weighted by Gasteiger charge is -2.50. The van der Waals surface area contributed by atoms with Crippen LogP contribution in [-0.4, -0.2) is 323 Å². The lowest BCUT2D eigenvalue weighted by Crippen LogP contribution is -2.70. The molecule has 33 heteroatoms. The third kappa shape index (κ3) is 13.7. The number of hydrogen-bond donors (Lipinski definition) is 19. The van der Waals surface area contributed by atoms with Crippen LogP contribution in [0.15, 0.2) is 0 Å². The fourth-order valence-electron chi connectivity index (χ4n) is 9.86. The van der Waals surface area contributed by atoms with E-state index < -0.39 is 241 Å². The molecular weight excluding hydrogens is 1040 g/mol. The summed E-state index contributed by atoms with van der Waals surface area (Å²) in [5.41, 5.74) is 0.